The number of amides is 1. The highest BCUT2D eigenvalue weighted by molar-refractivity contribution is 9.10. The summed E-state index contributed by atoms with van der Waals surface area (Å²) in [6, 6.07) is 21.0. The number of nitrogens with zero attached hydrogens (tertiary/aromatic N) is 2. The van der Waals surface area contributed by atoms with Crippen molar-refractivity contribution in [3.05, 3.63) is 98.4 Å². The minimum Gasteiger partial charge on any atom is -0.507 e. The molecular weight excluding hydrogens is 556 g/mol. The number of ketones is 1. The van der Waals surface area contributed by atoms with E-state index in [1.165, 1.54) is 16.2 Å². The number of anilines is 1. The molecule has 1 saturated heterocycles. The summed E-state index contributed by atoms with van der Waals surface area (Å²) in [6.07, 6.45) is 0. The molecule has 5 nitrogen and oxygen atoms in total. The van der Waals surface area contributed by atoms with Crippen molar-refractivity contribution in [1.82, 2.24) is 4.98 Å². The number of hydrogen-bond acceptors (Lipinski definition) is 5. The summed E-state index contributed by atoms with van der Waals surface area (Å²) in [6.45, 7) is 0. The number of hydrogen-bond donors (Lipinski definition) is 1. The molecule has 0 bridgehead atoms. The van der Waals surface area contributed by atoms with Crippen LogP contribution in [0.1, 0.15) is 17.2 Å². The Morgan fingerprint density at radius 2 is 1.62 bits per heavy atom. The van der Waals surface area contributed by atoms with Crippen molar-refractivity contribution in [2.24, 2.45) is 0 Å². The number of benzene rings is 3. The van der Waals surface area contributed by atoms with Gasteiger partial charge < -0.3 is 5.11 Å². The van der Waals surface area contributed by atoms with Crippen molar-refractivity contribution in [3.63, 3.8) is 0 Å². The number of aliphatic hydroxyl groups excluding tert-OH is 1. The van der Waals surface area contributed by atoms with Gasteiger partial charge in [0.2, 0.25) is 0 Å². The number of fused-ring (bicyclic) bond motifs is 1. The molecule has 0 saturated carbocycles. The van der Waals surface area contributed by atoms with Gasteiger partial charge in [-0.25, -0.2) is 4.98 Å². The van der Waals surface area contributed by atoms with Gasteiger partial charge in [0.1, 0.15) is 5.76 Å². The molecule has 1 aliphatic heterocycles. The number of Topliss-reactive ketones (excluding diaryl/α,β-unsaturated/α-hetero) is 1. The van der Waals surface area contributed by atoms with E-state index in [2.05, 4.69) is 36.8 Å². The van der Waals surface area contributed by atoms with Gasteiger partial charge in [-0.15, -0.1) is 0 Å². The molecule has 32 heavy (non-hydrogen) atoms. The highest BCUT2D eigenvalue weighted by Crippen LogP contribution is 2.44. The summed E-state index contributed by atoms with van der Waals surface area (Å²) < 4.78 is 2.65. The second-order valence-corrected chi connectivity index (χ2v) is 10.0. The lowest BCUT2D eigenvalue weighted by Gasteiger charge is -2.23. The van der Waals surface area contributed by atoms with Crippen LogP contribution < -0.4 is 4.90 Å². The molecule has 0 unspecified atom stereocenters. The fourth-order valence-electron chi connectivity index (χ4n) is 3.73. The number of aliphatic hydroxyl groups is 1. The van der Waals surface area contributed by atoms with Gasteiger partial charge >= 0.3 is 5.91 Å². The smallest absolute Gasteiger partial charge is 0.301 e. The first-order valence-corrected chi connectivity index (χ1v) is 12.0. The van der Waals surface area contributed by atoms with Crippen LogP contribution in [0.2, 0.25) is 0 Å². The molecule has 2 heterocycles. The Bertz CT molecular complexity index is 1400. The molecule has 158 valence electrons. The molecular formula is C24H14Br2N2O3S. The molecule has 8 heteroatoms. The first-order chi connectivity index (χ1) is 15.4. The number of aromatic nitrogens is 1. The largest absolute Gasteiger partial charge is 0.507 e. The molecule has 5 rings (SSSR count). The number of carbonyl (C=O) groups excluding carboxylic acids is 2. The highest BCUT2D eigenvalue weighted by atomic mass is 79.9. The van der Waals surface area contributed by atoms with Crippen molar-refractivity contribution in [2.45, 2.75) is 6.04 Å². The molecule has 1 N–H and O–H groups in total. The van der Waals surface area contributed by atoms with Crippen LogP contribution in [0.5, 0.6) is 0 Å². The third kappa shape index (κ3) is 3.58. The summed E-state index contributed by atoms with van der Waals surface area (Å²) in [4.78, 5) is 32.4. The Balaban J connectivity index is 1.73. The zero-order valence-electron chi connectivity index (χ0n) is 16.3. The number of carbonyl (C=O) groups is 2. The van der Waals surface area contributed by atoms with Crippen molar-refractivity contribution < 1.29 is 14.7 Å². The second kappa shape index (κ2) is 8.27. The summed E-state index contributed by atoms with van der Waals surface area (Å²) >= 11 is 8.20. The van der Waals surface area contributed by atoms with Gasteiger partial charge in [0.15, 0.2) is 5.13 Å². The van der Waals surface area contributed by atoms with Crippen molar-refractivity contribution >= 4 is 76.0 Å². The molecule has 1 atom stereocenters. The number of thiazole rings is 1. The zero-order valence-corrected chi connectivity index (χ0v) is 20.3. The molecule has 0 radical (unpaired) electrons. The molecule has 1 aliphatic rings. The first kappa shape index (κ1) is 21.1. The van der Waals surface area contributed by atoms with Gasteiger partial charge in [-0.3, -0.25) is 14.5 Å². The SMILES string of the molecule is O=C1C(=O)N(c2nc3ccc(Br)cc3s2)[C@@H](c2ccc(Br)cc2)/C1=C(\O)c1ccccc1. The van der Waals surface area contributed by atoms with E-state index in [0.717, 1.165) is 19.2 Å². The quantitative estimate of drug-likeness (QED) is 0.175. The van der Waals surface area contributed by atoms with Crippen LogP contribution in [0.3, 0.4) is 0 Å². The van der Waals surface area contributed by atoms with Crippen molar-refractivity contribution in [1.29, 1.82) is 0 Å². The van der Waals surface area contributed by atoms with Crippen LogP contribution in [0.25, 0.3) is 16.0 Å². The normalized spacial score (nSPS) is 17.9. The molecule has 0 spiro atoms. The lowest BCUT2D eigenvalue weighted by molar-refractivity contribution is -0.132. The van der Waals surface area contributed by atoms with E-state index in [0.29, 0.717) is 16.3 Å². The maximum Gasteiger partial charge on any atom is 0.301 e. The van der Waals surface area contributed by atoms with Gasteiger partial charge in [0, 0.05) is 14.5 Å². The van der Waals surface area contributed by atoms with E-state index in [4.69, 9.17) is 0 Å². The Hall–Kier alpha value is -2.81. The van der Waals surface area contributed by atoms with Gasteiger partial charge in [-0.1, -0.05) is 85.7 Å². The van der Waals surface area contributed by atoms with Crippen LogP contribution in [-0.2, 0) is 9.59 Å². The van der Waals surface area contributed by atoms with Crippen molar-refractivity contribution in [3.8, 4) is 0 Å². The molecule has 3 aromatic carbocycles. The Morgan fingerprint density at radius 3 is 2.34 bits per heavy atom. The van der Waals surface area contributed by atoms with Crippen LogP contribution in [0.15, 0.2) is 87.3 Å². The standard InChI is InChI=1S/C24H14Br2N2O3S/c25-15-8-6-13(7-9-15)20-19(21(29)14-4-2-1-3-5-14)22(30)23(31)28(20)24-27-17-11-10-16(26)12-18(17)32-24/h1-12,20,29H/b21-19+/t20-/m0/s1. The van der Waals surface area contributed by atoms with Gasteiger partial charge in [-0.05, 0) is 35.9 Å². The monoisotopic (exact) mass is 568 g/mol. The van der Waals surface area contributed by atoms with Crippen LogP contribution >= 0.6 is 43.2 Å². The van der Waals surface area contributed by atoms with Crippen molar-refractivity contribution in [2.75, 3.05) is 4.90 Å². The average Bonchev–Trinajstić information content (AvgIpc) is 3.32. The number of rotatable bonds is 3. The summed E-state index contributed by atoms with van der Waals surface area (Å²) in [5.41, 5.74) is 1.95. The van der Waals surface area contributed by atoms with E-state index in [-0.39, 0.29) is 11.3 Å². The lowest BCUT2D eigenvalue weighted by atomic mass is 9.95. The Kier molecular flexibility index (Phi) is 5.44. The zero-order chi connectivity index (χ0) is 22.4. The van der Waals surface area contributed by atoms with E-state index in [9.17, 15) is 14.7 Å². The predicted octanol–water partition coefficient (Wildman–Crippen LogP) is 6.45. The molecule has 1 fully saturated rings. The Labute approximate surface area is 204 Å². The minimum absolute atomic E-state index is 0.0453. The third-order valence-corrected chi connectivity index (χ3v) is 7.26. The molecule has 0 aliphatic carbocycles. The first-order valence-electron chi connectivity index (χ1n) is 9.62. The third-order valence-electron chi connectivity index (χ3n) is 5.22. The van der Waals surface area contributed by atoms with Gasteiger partial charge in [0.25, 0.3) is 5.78 Å². The van der Waals surface area contributed by atoms with Crippen LogP contribution in [0.4, 0.5) is 5.13 Å². The minimum atomic E-state index is -0.799. The molecule has 1 aromatic heterocycles. The van der Waals surface area contributed by atoms with E-state index in [1.54, 1.807) is 24.3 Å². The van der Waals surface area contributed by atoms with E-state index in [1.807, 2.05) is 48.5 Å². The van der Waals surface area contributed by atoms with Crippen LogP contribution in [-0.4, -0.2) is 21.8 Å². The summed E-state index contributed by atoms with van der Waals surface area (Å²) in [7, 11) is 0. The summed E-state index contributed by atoms with van der Waals surface area (Å²) in [5, 5.41) is 11.5. The maximum atomic E-state index is 13.2. The average molecular weight is 570 g/mol. The molecule has 4 aromatic rings. The fraction of sp³-hybridized carbons (Fsp3) is 0.0417. The van der Waals surface area contributed by atoms with E-state index >= 15 is 0 Å². The number of halogens is 2. The molecule has 1 amide bonds. The topological polar surface area (TPSA) is 70.5 Å². The summed E-state index contributed by atoms with van der Waals surface area (Å²) in [5.74, 6) is -1.66. The predicted molar refractivity (Wildman–Crippen MR) is 133 cm³/mol. The van der Waals surface area contributed by atoms with Gasteiger partial charge in [0.05, 0.1) is 21.8 Å². The van der Waals surface area contributed by atoms with E-state index < -0.39 is 17.7 Å². The lowest BCUT2D eigenvalue weighted by Crippen LogP contribution is -2.29. The Morgan fingerprint density at radius 1 is 0.938 bits per heavy atom. The second-order valence-electron chi connectivity index (χ2n) is 7.20. The van der Waals surface area contributed by atoms with Gasteiger partial charge in [-0.2, -0.15) is 0 Å². The fourth-order valence-corrected chi connectivity index (χ4v) is 5.54. The highest BCUT2D eigenvalue weighted by Gasteiger charge is 2.48. The van der Waals surface area contributed by atoms with Crippen LogP contribution in [0, 0.1) is 0 Å². The maximum absolute atomic E-state index is 13.2.